The minimum absolute atomic E-state index is 0.238. The molecule has 1 fully saturated rings. The van der Waals surface area contributed by atoms with Gasteiger partial charge in [-0.25, -0.2) is 0 Å². The molecule has 18 heavy (non-hydrogen) atoms. The van der Waals surface area contributed by atoms with Crippen molar-refractivity contribution < 1.29 is 0 Å². The molecule has 1 atom stereocenters. The third-order valence-electron chi connectivity index (χ3n) is 3.84. The smallest absolute Gasteiger partial charge is 0.0334 e. The van der Waals surface area contributed by atoms with Crippen LogP contribution in [-0.4, -0.2) is 29.6 Å². The second kappa shape index (κ2) is 5.61. The van der Waals surface area contributed by atoms with E-state index in [1.54, 1.807) is 0 Å². The first-order valence-electron chi connectivity index (χ1n) is 6.60. The zero-order valence-electron chi connectivity index (χ0n) is 11.7. The number of nitrogens with zero attached hydrogens (tertiary/aromatic N) is 1. The van der Waals surface area contributed by atoms with E-state index in [1.165, 1.54) is 9.35 Å². The van der Waals surface area contributed by atoms with Crippen LogP contribution < -0.4 is 5.32 Å². The normalized spacial score (nSPS) is 24.7. The van der Waals surface area contributed by atoms with Gasteiger partial charge in [0.05, 0.1) is 0 Å². The van der Waals surface area contributed by atoms with Crippen LogP contribution in [0, 0.1) is 5.92 Å². The van der Waals surface area contributed by atoms with Gasteiger partial charge in [0.1, 0.15) is 0 Å². The van der Waals surface area contributed by atoms with Crippen LogP contribution in [0.3, 0.4) is 0 Å². The molecule has 2 heterocycles. The first-order chi connectivity index (χ1) is 8.38. The Morgan fingerprint density at radius 3 is 2.83 bits per heavy atom. The summed E-state index contributed by atoms with van der Waals surface area (Å²) in [5, 5.41) is 5.85. The monoisotopic (exact) mass is 330 g/mol. The highest BCUT2D eigenvalue weighted by atomic mass is 79.9. The van der Waals surface area contributed by atoms with E-state index in [1.807, 2.05) is 11.3 Å². The number of piperazine rings is 1. The van der Waals surface area contributed by atoms with E-state index in [9.17, 15) is 0 Å². The number of nitrogens with one attached hydrogen (secondary N) is 1. The van der Waals surface area contributed by atoms with Gasteiger partial charge in [0, 0.05) is 45.9 Å². The number of thiophene rings is 1. The standard InChI is InChI=1S/C14H23BrN2S/c1-10(2)13-7-17(14(3,4)9-16-13)6-12-5-11(15)8-18-12/h5,8,10,13,16H,6-7,9H2,1-4H3. The molecular formula is C14H23BrN2S. The third-order valence-corrected chi connectivity index (χ3v) is 5.53. The van der Waals surface area contributed by atoms with Crippen molar-refractivity contribution in [2.75, 3.05) is 13.1 Å². The first kappa shape index (κ1) is 14.5. The van der Waals surface area contributed by atoms with Crippen molar-refractivity contribution in [1.82, 2.24) is 10.2 Å². The predicted octanol–water partition coefficient (Wildman–Crippen LogP) is 3.72. The molecule has 0 radical (unpaired) electrons. The van der Waals surface area contributed by atoms with Gasteiger partial charge in [-0.05, 0) is 41.8 Å². The summed E-state index contributed by atoms with van der Waals surface area (Å²) in [6.45, 7) is 12.5. The highest BCUT2D eigenvalue weighted by molar-refractivity contribution is 9.10. The van der Waals surface area contributed by atoms with Crippen molar-refractivity contribution >= 4 is 27.3 Å². The molecule has 2 rings (SSSR count). The van der Waals surface area contributed by atoms with Gasteiger partial charge in [-0.3, -0.25) is 4.90 Å². The van der Waals surface area contributed by atoms with Crippen molar-refractivity contribution in [2.45, 2.75) is 45.8 Å². The van der Waals surface area contributed by atoms with Crippen molar-refractivity contribution in [3.05, 3.63) is 20.8 Å². The molecule has 0 saturated carbocycles. The van der Waals surface area contributed by atoms with Gasteiger partial charge in [-0.1, -0.05) is 13.8 Å². The molecular weight excluding hydrogens is 308 g/mol. The Balaban J connectivity index is 2.07. The Morgan fingerprint density at radius 1 is 1.56 bits per heavy atom. The fraction of sp³-hybridized carbons (Fsp3) is 0.714. The van der Waals surface area contributed by atoms with E-state index in [0.717, 1.165) is 19.6 Å². The largest absolute Gasteiger partial charge is 0.311 e. The van der Waals surface area contributed by atoms with Crippen LogP contribution in [0.15, 0.2) is 15.9 Å². The highest BCUT2D eigenvalue weighted by Gasteiger charge is 2.34. The van der Waals surface area contributed by atoms with Crippen molar-refractivity contribution in [2.24, 2.45) is 5.92 Å². The lowest BCUT2D eigenvalue weighted by Crippen LogP contribution is -2.62. The molecule has 1 aromatic rings. The van der Waals surface area contributed by atoms with E-state index in [-0.39, 0.29) is 5.54 Å². The van der Waals surface area contributed by atoms with Crippen molar-refractivity contribution in [3.63, 3.8) is 0 Å². The zero-order chi connectivity index (χ0) is 13.3. The predicted molar refractivity (Wildman–Crippen MR) is 83.1 cm³/mol. The molecule has 0 bridgehead atoms. The Bertz CT molecular complexity index is 400. The molecule has 4 heteroatoms. The Hall–Kier alpha value is 0.1000. The van der Waals surface area contributed by atoms with Gasteiger partial charge < -0.3 is 5.32 Å². The van der Waals surface area contributed by atoms with Crippen LogP contribution in [0.5, 0.6) is 0 Å². The Kier molecular flexibility index (Phi) is 4.52. The van der Waals surface area contributed by atoms with Crippen LogP contribution in [0.2, 0.25) is 0 Å². The number of hydrogen-bond acceptors (Lipinski definition) is 3. The molecule has 102 valence electrons. The molecule has 1 aliphatic rings. The van der Waals surface area contributed by atoms with E-state index in [2.05, 4.69) is 65.3 Å². The van der Waals surface area contributed by atoms with E-state index in [4.69, 9.17) is 0 Å². The summed E-state index contributed by atoms with van der Waals surface area (Å²) >= 11 is 5.38. The number of rotatable bonds is 3. The lowest BCUT2D eigenvalue weighted by Gasteiger charge is -2.47. The van der Waals surface area contributed by atoms with Crippen LogP contribution in [0.1, 0.15) is 32.6 Å². The molecule has 0 aromatic carbocycles. The van der Waals surface area contributed by atoms with Crippen LogP contribution in [-0.2, 0) is 6.54 Å². The van der Waals surface area contributed by atoms with Gasteiger partial charge in [-0.15, -0.1) is 11.3 Å². The zero-order valence-corrected chi connectivity index (χ0v) is 14.1. The fourth-order valence-corrected chi connectivity index (χ4v) is 3.86. The molecule has 0 spiro atoms. The molecule has 1 N–H and O–H groups in total. The number of hydrogen-bond donors (Lipinski definition) is 1. The van der Waals surface area contributed by atoms with Crippen molar-refractivity contribution in [1.29, 1.82) is 0 Å². The Morgan fingerprint density at radius 2 is 2.28 bits per heavy atom. The summed E-state index contributed by atoms with van der Waals surface area (Å²) in [5.74, 6) is 0.693. The Labute approximate surface area is 123 Å². The third kappa shape index (κ3) is 3.35. The summed E-state index contributed by atoms with van der Waals surface area (Å²) < 4.78 is 1.20. The van der Waals surface area contributed by atoms with Gasteiger partial charge in [0.2, 0.25) is 0 Å². The second-order valence-electron chi connectivity index (χ2n) is 6.16. The molecule has 0 amide bonds. The maximum absolute atomic E-state index is 3.68. The summed E-state index contributed by atoms with van der Waals surface area (Å²) in [7, 11) is 0. The number of halogens is 1. The van der Waals surface area contributed by atoms with Gasteiger partial charge in [0.25, 0.3) is 0 Å². The molecule has 1 aliphatic heterocycles. The minimum Gasteiger partial charge on any atom is -0.311 e. The van der Waals surface area contributed by atoms with Crippen LogP contribution in [0.4, 0.5) is 0 Å². The highest BCUT2D eigenvalue weighted by Crippen LogP contribution is 2.27. The maximum atomic E-state index is 3.68. The molecule has 2 nitrogen and oxygen atoms in total. The topological polar surface area (TPSA) is 15.3 Å². The molecule has 1 saturated heterocycles. The lowest BCUT2D eigenvalue weighted by atomic mass is 9.93. The quantitative estimate of drug-likeness (QED) is 0.908. The molecule has 1 aromatic heterocycles. The minimum atomic E-state index is 0.238. The van der Waals surface area contributed by atoms with Gasteiger partial charge in [0.15, 0.2) is 0 Å². The summed E-state index contributed by atoms with van der Waals surface area (Å²) in [6, 6.07) is 2.86. The lowest BCUT2D eigenvalue weighted by molar-refractivity contribution is 0.0483. The summed E-state index contributed by atoms with van der Waals surface area (Å²) in [6.07, 6.45) is 0. The van der Waals surface area contributed by atoms with Crippen molar-refractivity contribution in [3.8, 4) is 0 Å². The van der Waals surface area contributed by atoms with E-state index < -0.39 is 0 Å². The molecule has 1 unspecified atom stereocenters. The second-order valence-corrected chi connectivity index (χ2v) is 8.07. The maximum Gasteiger partial charge on any atom is 0.0334 e. The summed E-state index contributed by atoms with van der Waals surface area (Å²) in [5.41, 5.74) is 0.238. The first-order valence-corrected chi connectivity index (χ1v) is 8.27. The van der Waals surface area contributed by atoms with Crippen LogP contribution in [0.25, 0.3) is 0 Å². The molecule has 0 aliphatic carbocycles. The van der Waals surface area contributed by atoms with Gasteiger partial charge >= 0.3 is 0 Å². The van der Waals surface area contributed by atoms with E-state index in [0.29, 0.717) is 12.0 Å². The van der Waals surface area contributed by atoms with E-state index >= 15 is 0 Å². The SMILES string of the molecule is CC(C)C1CN(Cc2cc(Br)cs2)C(C)(C)CN1. The van der Waals surface area contributed by atoms with Gasteiger partial charge in [-0.2, -0.15) is 0 Å². The fourth-order valence-electron chi connectivity index (χ4n) is 2.39. The van der Waals surface area contributed by atoms with Crippen LogP contribution >= 0.6 is 27.3 Å². The summed E-state index contributed by atoms with van der Waals surface area (Å²) in [4.78, 5) is 4.06. The average molecular weight is 331 g/mol. The average Bonchev–Trinajstić information content (AvgIpc) is 2.67.